The predicted octanol–water partition coefficient (Wildman–Crippen LogP) is 5.16. The molecular formula is C30H32N2O4. The van der Waals surface area contributed by atoms with Crippen LogP contribution in [-0.2, 0) is 19.8 Å². The van der Waals surface area contributed by atoms with Crippen LogP contribution in [0.15, 0.2) is 60.7 Å². The third-order valence-corrected chi connectivity index (χ3v) is 8.95. The first-order valence-electron chi connectivity index (χ1n) is 13.0. The maximum Gasteiger partial charge on any atom is 0.244 e. The molecule has 3 amide bonds. The van der Waals surface area contributed by atoms with Crippen LogP contribution in [0.1, 0.15) is 39.2 Å². The second-order valence-corrected chi connectivity index (χ2v) is 11.4. The van der Waals surface area contributed by atoms with Gasteiger partial charge in [-0.05, 0) is 83.9 Å². The molecule has 2 aromatic rings. The lowest BCUT2D eigenvalue weighted by Gasteiger charge is -2.37. The zero-order valence-electron chi connectivity index (χ0n) is 20.9. The van der Waals surface area contributed by atoms with E-state index in [0.717, 1.165) is 18.6 Å². The Labute approximate surface area is 211 Å². The van der Waals surface area contributed by atoms with E-state index in [1.807, 2.05) is 12.1 Å². The van der Waals surface area contributed by atoms with Crippen molar-refractivity contribution in [2.24, 2.45) is 35.5 Å². The number of benzene rings is 2. The van der Waals surface area contributed by atoms with Crippen LogP contribution < -0.4 is 10.1 Å². The van der Waals surface area contributed by atoms with Crippen LogP contribution >= 0.6 is 0 Å². The van der Waals surface area contributed by atoms with Crippen molar-refractivity contribution in [1.82, 2.24) is 4.90 Å². The Kier molecular flexibility index (Phi) is 5.32. The van der Waals surface area contributed by atoms with Crippen molar-refractivity contribution in [3.63, 3.8) is 0 Å². The number of hydrogen-bond donors (Lipinski definition) is 1. The second-order valence-electron chi connectivity index (χ2n) is 11.4. The number of carbonyl (C=O) groups is 3. The average molecular weight is 485 g/mol. The van der Waals surface area contributed by atoms with Crippen molar-refractivity contribution in [1.29, 1.82) is 0 Å². The minimum Gasteiger partial charge on any atom is -0.457 e. The highest BCUT2D eigenvalue weighted by molar-refractivity contribution is 6.09. The highest BCUT2D eigenvalue weighted by Crippen LogP contribution is 2.65. The summed E-state index contributed by atoms with van der Waals surface area (Å²) in [5.74, 6) is 1.55. The first-order chi connectivity index (χ1) is 17.3. The second kappa shape index (κ2) is 8.32. The molecule has 7 rings (SSSR count). The Hall–Kier alpha value is -3.41. The fourth-order valence-corrected chi connectivity index (χ4v) is 6.44. The molecule has 0 aromatic heterocycles. The molecule has 3 fully saturated rings. The van der Waals surface area contributed by atoms with Crippen LogP contribution in [0.3, 0.4) is 0 Å². The molecule has 2 bridgehead atoms. The van der Waals surface area contributed by atoms with Gasteiger partial charge >= 0.3 is 0 Å². The summed E-state index contributed by atoms with van der Waals surface area (Å²) in [5.41, 5.74) is 1.98. The normalized spacial score (nSPS) is 29.7. The lowest BCUT2D eigenvalue weighted by Crippen LogP contribution is -2.40. The number of amides is 3. The van der Waals surface area contributed by atoms with E-state index < -0.39 is 0 Å². The lowest BCUT2D eigenvalue weighted by atomic mass is 9.63. The topological polar surface area (TPSA) is 75.7 Å². The Morgan fingerprint density at radius 2 is 1.44 bits per heavy atom. The summed E-state index contributed by atoms with van der Waals surface area (Å²) in [7, 11) is 0. The summed E-state index contributed by atoms with van der Waals surface area (Å²) in [4.78, 5) is 40.1. The molecule has 0 radical (unpaired) electrons. The number of imide groups is 1. The maximum atomic E-state index is 13.1. The van der Waals surface area contributed by atoms with Gasteiger partial charge in [-0.3, -0.25) is 19.3 Å². The van der Waals surface area contributed by atoms with Gasteiger partial charge in [0.25, 0.3) is 0 Å². The number of rotatable bonds is 7. The molecule has 1 aliphatic heterocycles. The maximum absolute atomic E-state index is 13.1. The van der Waals surface area contributed by atoms with Gasteiger partial charge in [0.2, 0.25) is 17.7 Å². The fraction of sp³-hybridized carbons (Fsp3) is 0.433. The van der Waals surface area contributed by atoms with E-state index >= 15 is 0 Å². The highest BCUT2D eigenvalue weighted by Gasteiger charge is 2.67. The van der Waals surface area contributed by atoms with Gasteiger partial charge in [0.05, 0.1) is 11.8 Å². The fourth-order valence-electron chi connectivity index (χ4n) is 6.44. The van der Waals surface area contributed by atoms with Crippen molar-refractivity contribution in [2.75, 3.05) is 11.9 Å². The van der Waals surface area contributed by atoms with E-state index in [1.54, 1.807) is 24.3 Å². The molecule has 6 heteroatoms. The van der Waals surface area contributed by atoms with Gasteiger partial charge in [0.15, 0.2) is 0 Å². The minimum absolute atomic E-state index is 0.123. The molecule has 1 N–H and O–H groups in total. The van der Waals surface area contributed by atoms with Crippen molar-refractivity contribution >= 4 is 23.4 Å². The number of carbonyl (C=O) groups excluding carboxylic acids is 3. The molecule has 186 valence electrons. The van der Waals surface area contributed by atoms with Gasteiger partial charge < -0.3 is 10.1 Å². The zero-order valence-corrected chi connectivity index (χ0v) is 20.9. The Bertz CT molecular complexity index is 1210. The third kappa shape index (κ3) is 3.74. The summed E-state index contributed by atoms with van der Waals surface area (Å²) in [5, 5.41) is 2.81. The van der Waals surface area contributed by atoms with E-state index in [1.165, 1.54) is 10.5 Å². The van der Waals surface area contributed by atoms with Gasteiger partial charge in [-0.1, -0.05) is 45.1 Å². The van der Waals surface area contributed by atoms with Crippen LogP contribution in [-0.4, -0.2) is 29.2 Å². The average Bonchev–Trinajstić information content (AvgIpc) is 3.66. The molecule has 1 saturated heterocycles. The number of nitrogens with zero attached hydrogens (tertiary/aromatic N) is 1. The number of allylic oxidation sites excluding steroid dienone is 2. The molecule has 6 nitrogen and oxygen atoms in total. The predicted molar refractivity (Wildman–Crippen MR) is 136 cm³/mol. The summed E-state index contributed by atoms with van der Waals surface area (Å²) < 4.78 is 5.95. The monoisotopic (exact) mass is 484 g/mol. The van der Waals surface area contributed by atoms with Crippen molar-refractivity contribution in [3.05, 3.63) is 66.2 Å². The van der Waals surface area contributed by atoms with Crippen molar-refractivity contribution in [2.45, 2.75) is 39.0 Å². The van der Waals surface area contributed by atoms with Gasteiger partial charge in [0, 0.05) is 5.69 Å². The first-order valence-corrected chi connectivity index (χ1v) is 13.0. The summed E-state index contributed by atoms with van der Waals surface area (Å²) >= 11 is 0. The Balaban J connectivity index is 1.06. The summed E-state index contributed by atoms with van der Waals surface area (Å²) in [6.07, 6.45) is 6.46. The largest absolute Gasteiger partial charge is 0.457 e. The van der Waals surface area contributed by atoms with Crippen LogP contribution in [0.4, 0.5) is 5.69 Å². The SMILES string of the molecule is CCC(C)(C)c1ccc(Oc2ccc(NC(=O)CN3C(=O)[C@@H]4[C@H]5C=C[C@@H]([C@@H]6C[C@H]56)[C@@H]4C3=O)cc2)cc1. The van der Waals surface area contributed by atoms with Crippen molar-refractivity contribution < 1.29 is 19.1 Å². The molecule has 2 aromatic carbocycles. The molecular weight excluding hydrogens is 452 g/mol. The van der Waals surface area contributed by atoms with E-state index in [0.29, 0.717) is 23.3 Å². The quantitative estimate of drug-likeness (QED) is 0.435. The molecule has 2 saturated carbocycles. The number of likely N-dealkylation sites (tertiary alicyclic amines) is 1. The number of nitrogens with one attached hydrogen (secondary N) is 1. The highest BCUT2D eigenvalue weighted by atomic mass is 16.5. The van der Waals surface area contributed by atoms with Gasteiger partial charge in [0.1, 0.15) is 18.0 Å². The smallest absolute Gasteiger partial charge is 0.244 e. The molecule has 6 atom stereocenters. The van der Waals surface area contributed by atoms with Crippen LogP contribution in [0.5, 0.6) is 11.5 Å². The van der Waals surface area contributed by atoms with E-state index in [2.05, 4.69) is 50.4 Å². The third-order valence-electron chi connectivity index (χ3n) is 8.95. The van der Waals surface area contributed by atoms with Gasteiger partial charge in [-0.2, -0.15) is 0 Å². The summed E-state index contributed by atoms with van der Waals surface area (Å²) in [6.45, 7) is 6.39. The number of ether oxygens (including phenoxy) is 1. The molecule has 1 heterocycles. The Morgan fingerprint density at radius 3 is 1.97 bits per heavy atom. The summed E-state index contributed by atoms with van der Waals surface area (Å²) in [6, 6.07) is 15.2. The number of hydrogen-bond acceptors (Lipinski definition) is 4. The van der Waals surface area contributed by atoms with Crippen molar-refractivity contribution in [3.8, 4) is 11.5 Å². The lowest BCUT2D eigenvalue weighted by molar-refractivity contribution is -0.142. The van der Waals surface area contributed by atoms with E-state index in [9.17, 15) is 14.4 Å². The number of anilines is 1. The van der Waals surface area contributed by atoms with Gasteiger partial charge in [-0.25, -0.2) is 0 Å². The molecule has 0 spiro atoms. The van der Waals surface area contributed by atoms with E-state index in [4.69, 9.17) is 4.74 Å². The standard InChI is InChI=1S/C30H32N2O4/c1-4-30(2,3)17-5-9-19(10-6-17)36-20-11-7-18(8-12-20)31-25(33)16-32-28(34)26-21-13-14-22(24-15-23(21)24)27(26)29(32)35/h5-14,21-24,26-27H,4,15-16H2,1-3H3,(H,31,33)/t21-,22-,23-,24+,26-,27+/m0/s1. The van der Waals surface area contributed by atoms with Crippen LogP contribution in [0, 0.1) is 35.5 Å². The molecule has 0 unspecified atom stereocenters. The minimum atomic E-state index is -0.372. The molecule has 4 aliphatic carbocycles. The molecule has 36 heavy (non-hydrogen) atoms. The molecule has 5 aliphatic rings. The Morgan fingerprint density at radius 1 is 0.917 bits per heavy atom. The van der Waals surface area contributed by atoms with Gasteiger partial charge in [-0.15, -0.1) is 0 Å². The van der Waals surface area contributed by atoms with Crippen LogP contribution in [0.2, 0.25) is 0 Å². The van der Waals surface area contributed by atoms with Crippen LogP contribution in [0.25, 0.3) is 0 Å². The van der Waals surface area contributed by atoms with E-state index in [-0.39, 0.29) is 53.4 Å². The first kappa shape index (κ1) is 23.0. The zero-order chi connectivity index (χ0) is 25.2.